The van der Waals surface area contributed by atoms with Gasteiger partial charge in [-0.1, -0.05) is 0 Å². The molecule has 18 valence electrons. The van der Waals surface area contributed by atoms with E-state index in [2.05, 4.69) is 0 Å². The second-order valence-corrected chi connectivity index (χ2v) is 0. The molecule has 0 aromatic rings. The van der Waals surface area contributed by atoms with Crippen molar-refractivity contribution in [1.82, 2.24) is 0 Å². The minimum absolute atomic E-state index is 0. The fourth-order valence-corrected chi connectivity index (χ4v) is 0. The summed E-state index contributed by atoms with van der Waals surface area (Å²) in [7, 11) is 1.72. The summed E-state index contributed by atoms with van der Waals surface area (Å²) in [4.78, 5) is 0. The van der Waals surface area contributed by atoms with Crippen LogP contribution in [-0.4, -0.2) is 18.5 Å². The van der Waals surface area contributed by atoms with Crippen LogP contribution in [0.4, 0.5) is 0 Å². The average Bonchev–Trinajstić information content (AvgIpc) is 1.00. The molecule has 0 amide bonds. The summed E-state index contributed by atoms with van der Waals surface area (Å²) < 4.78 is 8.06. The quantitative estimate of drug-likeness (QED) is 0.299. The Bertz CT molecular complexity index is 8.00. The fourth-order valence-electron chi connectivity index (χ4n) is 0. The predicted octanol–water partition coefficient (Wildman–Crippen LogP) is -0.0192. The Morgan fingerprint density at radius 1 is 1.25 bits per heavy atom. The molecule has 4 heavy (non-hydrogen) atoms. The van der Waals surface area contributed by atoms with Crippen LogP contribution in [0.1, 0.15) is 0 Å². The summed E-state index contributed by atoms with van der Waals surface area (Å²) in [5.74, 6) is 0. The van der Waals surface area contributed by atoms with Crippen LogP contribution in [-0.2, 0) is 4.46 Å². The number of hydrogen-bond acceptors (Lipinski definition) is 1. The highest BCUT2D eigenvalue weighted by Gasteiger charge is 0.803. The van der Waals surface area contributed by atoms with E-state index in [1.807, 2.05) is 0 Å². The highest BCUT2D eigenvalue weighted by atomic mass is 31.0. The molecule has 0 saturated carbocycles. The van der Waals surface area contributed by atoms with Gasteiger partial charge in [-0.05, 0) is 0 Å². The normalized spacial score (nSPS) is 1.00. The Labute approximate surface area is 33.8 Å². The van der Waals surface area contributed by atoms with E-state index in [9.17, 15) is 0 Å². The molecular weight excluding hydrogens is 85.9 g/mol. The Balaban J connectivity index is -0.00000000500. The van der Waals surface area contributed by atoms with E-state index in [0.29, 0.717) is 0 Å². The second kappa shape index (κ2) is 84.6. The van der Waals surface area contributed by atoms with Crippen molar-refractivity contribution in [3.63, 3.8) is 0 Å². The second-order valence-electron chi connectivity index (χ2n) is 0. The molecule has 0 aromatic carbocycles. The van der Waals surface area contributed by atoms with Crippen LogP contribution in [0.2, 0.25) is 0 Å². The summed E-state index contributed by atoms with van der Waals surface area (Å²) in [5, 5.41) is 0. The summed E-state index contributed by atoms with van der Waals surface area (Å²) in [6.07, 6.45) is 0. The standard InChI is InChI=1S/B.OSi.P/c;1-2;. The maximum absolute atomic E-state index is 8.06. The zero-order chi connectivity index (χ0) is 2.00. The Morgan fingerprint density at radius 2 is 1.25 bits per heavy atom. The first-order valence-electron chi connectivity index (χ1n) is 0.204. The molecule has 0 heterocycles. The summed E-state index contributed by atoms with van der Waals surface area (Å²) in [6.45, 7) is 0. The van der Waals surface area contributed by atoms with Crippen molar-refractivity contribution in [2.45, 2.75) is 0 Å². The molecule has 0 aromatic heterocycles. The van der Waals surface area contributed by atoms with Crippen molar-refractivity contribution in [1.29, 1.82) is 0 Å². The SMILES string of the molecule is O=[Si].[B].[P]. The minimum atomic E-state index is 0. The molecular formula is BOPSi. The molecule has 0 aliphatic heterocycles. The van der Waals surface area contributed by atoms with E-state index < -0.39 is 0 Å². The van der Waals surface area contributed by atoms with Gasteiger partial charge in [-0.3, -0.25) is 0 Å². The third-order valence-electron chi connectivity index (χ3n) is 0. The van der Waals surface area contributed by atoms with Gasteiger partial charge in [0.05, 0.1) is 0 Å². The molecule has 0 N–H and O–H groups in total. The van der Waals surface area contributed by atoms with Crippen LogP contribution >= 0.6 is 9.90 Å². The molecule has 1 nitrogen and oxygen atoms in total. The Morgan fingerprint density at radius 3 is 1.25 bits per heavy atom. The maximum Gasteiger partial charge on any atom is 0.381 e. The largest absolute Gasteiger partial charge is 0.381 e. The lowest BCUT2D eigenvalue weighted by atomic mass is 10.8. The average molecular weight is 85.9 g/mol. The van der Waals surface area contributed by atoms with Crippen LogP contribution in [0.25, 0.3) is 0 Å². The van der Waals surface area contributed by atoms with Gasteiger partial charge >= 0.3 is 10.1 Å². The van der Waals surface area contributed by atoms with E-state index in [-0.39, 0.29) is 18.3 Å². The van der Waals surface area contributed by atoms with Crippen LogP contribution < -0.4 is 0 Å². The topological polar surface area (TPSA) is 17.1 Å². The molecule has 8 radical (unpaired) electrons. The lowest BCUT2D eigenvalue weighted by Gasteiger charge is -0.803. The molecule has 0 aliphatic carbocycles. The van der Waals surface area contributed by atoms with Crippen molar-refractivity contribution >= 4 is 28.4 Å². The van der Waals surface area contributed by atoms with Gasteiger partial charge in [0.25, 0.3) is 0 Å². The molecule has 0 rings (SSSR count). The van der Waals surface area contributed by atoms with Crippen LogP contribution in [0.5, 0.6) is 0 Å². The monoisotopic (exact) mass is 86.0 g/mol. The van der Waals surface area contributed by atoms with E-state index in [1.54, 1.807) is 10.1 Å². The first kappa shape index (κ1) is 24.3. The first-order chi connectivity index (χ1) is 1.00. The highest BCUT2D eigenvalue weighted by molar-refractivity contribution is 6.92. The third-order valence-corrected chi connectivity index (χ3v) is 0. The molecule has 4 heteroatoms. The third kappa shape index (κ3) is 21.9. The molecule has 0 spiro atoms. The summed E-state index contributed by atoms with van der Waals surface area (Å²) in [5.41, 5.74) is 0. The Kier molecular flexibility index (Phi) is 515. The van der Waals surface area contributed by atoms with Gasteiger partial charge < -0.3 is 4.46 Å². The van der Waals surface area contributed by atoms with Crippen molar-refractivity contribution in [2.75, 3.05) is 0 Å². The number of rotatable bonds is 0. The van der Waals surface area contributed by atoms with Gasteiger partial charge in [0.15, 0.2) is 0 Å². The molecule has 0 fully saturated rings. The van der Waals surface area contributed by atoms with Gasteiger partial charge in [0.1, 0.15) is 0 Å². The van der Waals surface area contributed by atoms with E-state index >= 15 is 0 Å². The summed E-state index contributed by atoms with van der Waals surface area (Å²) >= 11 is 0. The highest BCUT2D eigenvalue weighted by Crippen LogP contribution is 0.861. The smallest absolute Gasteiger partial charge is 0.381 e. The van der Waals surface area contributed by atoms with Crippen LogP contribution in [0.3, 0.4) is 0 Å². The molecule has 0 unspecified atom stereocenters. The molecule has 0 saturated heterocycles. The Hall–Kier alpha value is 0.512. The van der Waals surface area contributed by atoms with Crippen molar-refractivity contribution in [3.8, 4) is 0 Å². The zero-order valence-electron chi connectivity index (χ0n) is 1.93. The van der Waals surface area contributed by atoms with Gasteiger partial charge in [-0.2, -0.15) is 0 Å². The number of hydrogen-bond donors (Lipinski definition) is 0. The predicted molar refractivity (Wildman–Crippen MR) is 19.1 cm³/mol. The zero-order valence-corrected chi connectivity index (χ0v) is 3.83. The lowest BCUT2D eigenvalue weighted by molar-refractivity contribution is 0.590. The molecule has 0 atom stereocenters. The van der Waals surface area contributed by atoms with Crippen molar-refractivity contribution < 1.29 is 4.46 Å². The van der Waals surface area contributed by atoms with E-state index in [1.165, 1.54) is 0 Å². The van der Waals surface area contributed by atoms with Gasteiger partial charge in [-0.15, -0.1) is 0 Å². The maximum atomic E-state index is 8.06. The van der Waals surface area contributed by atoms with Crippen LogP contribution in [0.15, 0.2) is 0 Å². The van der Waals surface area contributed by atoms with Crippen molar-refractivity contribution in [3.05, 3.63) is 0 Å². The fraction of sp³-hybridized carbons (Fsp3) is 0. The van der Waals surface area contributed by atoms with Crippen molar-refractivity contribution in [2.24, 2.45) is 0 Å². The minimum Gasteiger partial charge on any atom is -0.381 e. The van der Waals surface area contributed by atoms with E-state index in [0.717, 1.165) is 0 Å². The first-order valence-corrected chi connectivity index (χ1v) is 0.612. The lowest BCUT2D eigenvalue weighted by Crippen LogP contribution is -0.969. The van der Waals surface area contributed by atoms with Gasteiger partial charge in [-0.25, -0.2) is 0 Å². The van der Waals surface area contributed by atoms with Crippen LogP contribution in [0, 0.1) is 0 Å². The molecule has 0 aliphatic rings. The van der Waals surface area contributed by atoms with Gasteiger partial charge in [0, 0.05) is 18.3 Å². The van der Waals surface area contributed by atoms with Gasteiger partial charge in [0.2, 0.25) is 0 Å². The molecule has 0 bridgehead atoms. The van der Waals surface area contributed by atoms with E-state index in [4.69, 9.17) is 4.46 Å². The summed E-state index contributed by atoms with van der Waals surface area (Å²) in [6, 6.07) is 0.